The molecule has 0 aliphatic carbocycles. The van der Waals surface area contributed by atoms with Crippen molar-refractivity contribution < 1.29 is 9.84 Å². The Morgan fingerprint density at radius 2 is 2.05 bits per heavy atom. The largest absolute Gasteiger partial charge is 0.486 e. The molecule has 0 saturated heterocycles. The van der Waals surface area contributed by atoms with Gasteiger partial charge in [0.25, 0.3) is 0 Å². The van der Waals surface area contributed by atoms with Gasteiger partial charge < -0.3 is 15.2 Å². The van der Waals surface area contributed by atoms with E-state index in [4.69, 9.17) is 4.74 Å². The standard InChI is InChI=1S/C16H25NO2/c1-5-10-16(4,18)11-17-14-12-8-6-7-9-13(12)19-15(14,2)3/h6-9,14,17-18H,5,10-11H2,1-4H3. The summed E-state index contributed by atoms with van der Waals surface area (Å²) >= 11 is 0. The van der Waals surface area contributed by atoms with Gasteiger partial charge in [0, 0.05) is 12.1 Å². The zero-order chi connectivity index (χ0) is 14.1. The fraction of sp³-hybridized carbons (Fsp3) is 0.625. The van der Waals surface area contributed by atoms with Gasteiger partial charge in [0.15, 0.2) is 0 Å². The van der Waals surface area contributed by atoms with Crippen LogP contribution < -0.4 is 10.1 Å². The molecule has 3 nitrogen and oxygen atoms in total. The fourth-order valence-electron chi connectivity index (χ4n) is 2.83. The van der Waals surface area contributed by atoms with Crippen molar-refractivity contribution >= 4 is 0 Å². The minimum atomic E-state index is -0.664. The third kappa shape index (κ3) is 3.10. The molecule has 106 valence electrons. The number of hydrogen-bond donors (Lipinski definition) is 2. The third-order valence-electron chi connectivity index (χ3n) is 3.77. The van der Waals surface area contributed by atoms with Crippen molar-refractivity contribution in [2.24, 2.45) is 0 Å². The van der Waals surface area contributed by atoms with Gasteiger partial charge in [0.1, 0.15) is 11.4 Å². The number of hydrogen-bond acceptors (Lipinski definition) is 3. The molecule has 0 fully saturated rings. The van der Waals surface area contributed by atoms with Gasteiger partial charge in [-0.25, -0.2) is 0 Å². The molecule has 2 atom stereocenters. The van der Waals surface area contributed by atoms with Crippen LogP contribution in [-0.2, 0) is 0 Å². The van der Waals surface area contributed by atoms with Crippen LogP contribution in [0.25, 0.3) is 0 Å². The van der Waals surface area contributed by atoms with Crippen molar-refractivity contribution in [1.29, 1.82) is 0 Å². The fourth-order valence-corrected chi connectivity index (χ4v) is 2.83. The maximum Gasteiger partial charge on any atom is 0.125 e. The molecule has 1 aromatic rings. The van der Waals surface area contributed by atoms with Gasteiger partial charge in [-0.3, -0.25) is 0 Å². The number of para-hydroxylation sites is 1. The summed E-state index contributed by atoms with van der Waals surface area (Å²) in [6, 6.07) is 8.23. The Balaban J connectivity index is 2.11. The highest BCUT2D eigenvalue weighted by molar-refractivity contribution is 5.42. The molecular formula is C16H25NO2. The summed E-state index contributed by atoms with van der Waals surface area (Å²) in [6.07, 6.45) is 1.78. The number of rotatable bonds is 5. The smallest absolute Gasteiger partial charge is 0.125 e. The monoisotopic (exact) mass is 263 g/mol. The van der Waals surface area contributed by atoms with Crippen LogP contribution in [-0.4, -0.2) is 22.9 Å². The van der Waals surface area contributed by atoms with Crippen LogP contribution in [0, 0.1) is 0 Å². The van der Waals surface area contributed by atoms with E-state index in [0.29, 0.717) is 6.54 Å². The molecule has 0 amide bonds. The molecule has 3 heteroatoms. The quantitative estimate of drug-likeness (QED) is 0.858. The highest BCUT2D eigenvalue weighted by atomic mass is 16.5. The SMILES string of the molecule is CCCC(C)(O)CNC1c2ccccc2OC1(C)C. The van der Waals surface area contributed by atoms with Gasteiger partial charge in [-0.15, -0.1) is 0 Å². The first-order chi connectivity index (χ1) is 8.86. The molecule has 1 aliphatic heterocycles. The van der Waals surface area contributed by atoms with Gasteiger partial charge in [-0.2, -0.15) is 0 Å². The second kappa shape index (κ2) is 5.14. The van der Waals surface area contributed by atoms with E-state index >= 15 is 0 Å². The summed E-state index contributed by atoms with van der Waals surface area (Å²) < 4.78 is 5.99. The molecule has 2 N–H and O–H groups in total. The van der Waals surface area contributed by atoms with Crippen LogP contribution in [0.4, 0.5) is 0 Å². The van der Waals surface area contributed by atoms with Crippen LogP contribution in [0.15, 0.2) is 24.3 Å². The Morgan fingerprint density at radius 1 is 1.37 bits per heavy atom. The average Bonchev–Trinajstić information content (AvgIpc) is 2.56. The summed E-state index contributed by atoms with van der Waals surface area (Å²) in [7, 11) is 0. The van der Waals surface area contributed by atoms with Crippen molar-refractivity contribution in [3.63, 3.8) is 0 Å². The Morgan fingerprint density at radius 3 is 2.74 bits per heavy atom. The topological polar surface area (TPSA) is 41.5 Å². The number of benzene rings is 1. The van der Waals surface area contributed by atoms with Crippen LogP contribution in [0.2, 0.25) is 0 Å². The molecule has 0 bridgehead atoms. The minimum Gasteiger partial charge on any atom is -0.486 e. The van der Waals surface area contributed by atoms with Gasteiger partial charge in [0.05, 0.1) is 11.6 Å². The molecule has 0 spiro atoms. The lowest BCUT2D eigenvalue weighted by molar-refractivity contribution is 0.0332. The molecule has 0 saturated carbocycles. The lowest BCUT2D eigenvalue weighted by atomic mass is 9.93. The van der Waals surface area contributed by atoms with Crippen molar-refractivity contribution in [2.75, 3.05) is 6.54 Å². The Labute approximate surface area is 116 Å². The molecular weight excluding hydrogens is 238 g/mol. The first-order valence-electron chi connectivity index (χ1n) is 7.09. The Hall–Kier alpha value is -1.06. The van der Waals surface area contributed by atoms with Gasteiger partial charge in [-0.05, 0) is 33.3 Å². The van der Waals surface area contributed by atoms with Gasteiger partial charge in [0.2, 0.25) is 0 Å². The second-order valence-corrected chi connectivity index (χ2v) is 6.30. The maximum absolute atomic E-state index is 10.3. The molecule has 2 unspecified atom stereocenters. The number of ether oxygens (including phenoxy) is 1. The maximum atomic E-state index is 10.3. The van der Waals surface area contributed by atoms with Crippen LogP contribution in [0.5, 0.6) is 5.75 Å². The lowest BCUT2D eigenvalue weighted by Crippen LogP contribution is -2.45. The van der Waals surface area contributed by atoms with E-state index in [0.717, 1.165) is 18.6 Å². The Kier molecular flexibility index (Phi) is 3.88. The van der Waals surface area contributed by atoms with E-state index in [1.807, 2.05) is 25.1 Å². The summed E-state index contributed by atoms with van der Waals surface area (Å²) in [4.78, 5) is 0. The zero-order valence-electron chi connectivity index (χ0n) is 12.4. The molecule has 0 aromatic heterocycles. The summed E-state index contributed by atoms with van der Waals surface area (Å²) in [5.74, 6) is 0.945. The van der Waals surface area contributed by atoms with Crippen LogP contribution in [0.3, 0.4) is 0 Å². The van der Waals surface area contributed by atoms with E-state index < -0.39 is 5.60 Å². The highest BCUT2D eigenvalue weighted by Crippen LogP contribution is 2.42. The Bertz CT molecular complexity index is 440. The van der Waals surface area contributed by atoms with E-state index in [1.165, 1.54) is 5.56 Å². The average molecular weight is 263 g/mol. The number of aliphatic hydroxyl groups is 1. The first-order valence-corrected chi connectivity index (χ1v) is 7.09. The predicted molar refractivity (Wildman–Crippen MR) is 77.4 cm³/mol. The van der Waals surface area contributed by atoms with E-state index in [-0.39, 0.29) is 11.6 Å². The summed E-state index contributed by atoms with van der Waals surface area (Å²) in [6.45, 7) is 8.72. The molecule has 0 radical (unpaired) electrons. The van der Waals surface area contributed by atoms with Crippen molar-refractivity contribution in [3.05, 3.63) is 29.8 Å². The highest BCUT2D eigenvalue weighted by Gasteiger charge is 2.41. The van der Waals surface area contributed by atoms with Crippen molar-refractivity contribution in [3.8, 4) is 5.75 Å². The predicted octanol–water partition coefficient (Wildman–Crippen LogP) is 3.04. The molecule has 1 aliphatic rings. The molecule has 1 heterocycles. The van der Waals surface area contributed by atoms with Gasteiger partial charge in [-0.1, -0.05) is 31.5 Å². The third-order valence-corrected chi connectivity index (χ3v) is 3.77. The summed E-state index contributed by atoms with van der Waals surface area (Å²) in [5.41, 5.74) is 0.230. The number of nitrogens with one attached hydrogen (secondary N) is 1. The number of fused-ring (bicyclic) bond motifs is 1. The van der Waals surface area contributed by atoms with E-state index in [1.54, 1.807) is 0 Å². The minimum absolute atomic E-state index is 0.118. The van der Waals surface area contributed by atoms with Crippen LogP contribution in [0.1, 0.15) is 52.1 Å². The normalized spacial score (nSPS) is 23.5. The van der Waals surface area contributed by atoms with Crippen LogP contribution >= 0.6 is 0 Å². The second-order valence-electron chi connectivity index (χ2n) is 6.30. The van der Waals surface area contributed by atoms with E-state index in [9.17, 15) is 5.11 Å². The van der Waals surface area contributed by atoms with Crippen molar-refractivity contribution in [2.45, 2.75) is 57.8 Å². The first kappa shape index (κ1) is 14.4. The molecule has 1 aromatic carbocycles. The van der Waals surface area contributed by atoms with E-state index in [2.05, 4.69) is 32.2 Å². The molecule has 2 rings (SSSR count). The molecule has 19 heavy (non-hydrogen) atoms. The summed E-state index contributed by atoms with van der Waals surface area (Å²) in [5, 5.41) is 13.8. The van der Waals surface area contributed by atoms with Gasteiger partial charge >= 0.3 is 0 Å². The van der Waals surface area contributed by atoms with Crippen molar-refractivity contribution in [1.82, 2.24) is 5.32 Å². The lowest BCUT2D eigenvalue weighted by Gasteiger charge is -2.31. The zero-order valence-corrected chi connectivity index (χ0v) is 12.4.